The van der Waals surface area contributed by atoms with Crippen molar-refractivity contribution in [3.8, 4) is 0 Å². The van der Waals surface area contributed by atoms with E-state index in [1.807, 2.05) is 32.6 Å². The Hall–Kier alpha value is -1.99. The van der Waals surface area contributed by atoms with Gasteiger partial charge in [-0.1, -0.05) is 6.07 Å². The SMILES string of the molecule is Cc1c(C(F)CN2CC[N+](C(=O)O)(C(C)(C)C)CC2)ccc2c1COC2=O. The number of hydrogen-bond donors (Lipinski definition) is 1. The van der Waals surface area contributed by atoms with Gasteiger partial charge in [0.2, 0.25) is 0 Å². The molecule has 6 nitrogen and oxygen atoms in total. The summed E-state index contributed by atoms with van der Waals surface area (Å²) < 4.78 is 20.1. The molecular weight excluding hydrogens is 351 g/mol. The summed E-state index contributed by atoms with van der Waals surface area (Å²) in [5.74, 6) is -0.351. The van der Waals surface area contributed by atoms with Gasteiger partial charge in [0, 0.05) is 25.2 Å². The zero-order valence-corrected chi connectivity index (χ0v) is 16.4. The van der Waals surface area contributed by atoms with Crippen molar-refractivity contribution in [3.63, 3.8) is 0 Å². The normalized spacial score (nSPS) is 20.9. The van der Waals surface area contributed by atoms with Crippen molar-refractivity contribution in [1.29, 1.82) is 0 Å². The predicted octanol–water partition coefficient (Wildman–Crippen LogP) is 3.28. The third kappa shape index (κ3) is 3.34. The van der Waals surface area contributed by atoms with E-state index in [9.17, 15) is 14.7 Å². The van der Waals surface area contributed by atoms with Crippen molar-refractivity contribution in [2.24, 2.45) is 0 Å². The van der Waals surface area contributed by atoms with E-state index < -0.39 is 17.8 Å². The number of fused-ring (bicyclic) bond motifs is 1. The number of carbonyl (C=O) groups is 2. The van der Waals surface area contributed by atoms with Gasteiger partial charge in [-0.25, -0.2) is 13.7 Å². The fourth-order valence-electron chi connectivity index (χ4n) is 4.21. The number of alkyl halides is 1. The minimum Gasteiger partial charge on any atom is -0.457 e. The van der Waals surface area contributed by atoms with Crippen LogP contribution in [0.15, 0.2) is 12.1 Å². The summed E-state index contributed by atoms with van der Waals surface area (Å²) >= 11 is 0. The van der Waals surface area contributed by atoms with Crippen molar-refractivity contribution in [3.05, 3.63) is 34.4 Å². The van der Waals surface area contributed by atoms with Gasteiger partial charge in [0.15, 0.2) is 0 Å². The molecule has 148 valence electrons. The summed E-state index contributed by atoms with van der Waals surface area (Å²) in [4.78, 5) is 25.5. The van der Waals surface area contributed by atoms with Crippen LogP contribution in [-0.2, 0) is 11.3 Å². The number of hydrogen-bond acceptors (Lipinski definition) is 4. The highest BCUT2D eigenvalue weighted by atomic mass is 19.1. The Morgan fingerprint density at radius 2 is 1.96 bits per heavy atom. The van der Waals surface area contributed by atoms with Crippen LogP contribution in [0.1, 0.15) is 54.0 Å². The predicted molar refractivity (Wildman–Crippen MR) is 98.4 cm³/mol. The van der Waals surface area contributed by atoms with Crippen molar-refractivity contribution in [2.75, 3.05) is 32.7 Å². The molecule has 0 bridgehead atoms. The van der Waals surface area contributed by atoms with Crippen LogP contribution >= 0.6 is 0 Å². The molecule has 1 atom stereocenters. The monoisotopic (exact) mass is 379 g/mol. The van der Waals surface area contributed by atoms with Gasteiger partial charge in [-0.2, -0.15) is 4.79 Å². The molecule has 0 aliphatic carbocycles. The number of benzene rings is 1. The molecule has 1 N–H and O–H groups in total. The molecule has 2 aliphatic rings. The van der Waals surface area contributed by atoms with Gasteiger partial charge in [0.05, 0.1) is 5.56 Å². The lowest BCUT2D eigenvalue weighted by atomic mass is 9.95. The molecule has 1 saturated heterocycles. The molecule has 1 aromatic rings. The van der Waals surface area contributed by atoms with Gasteiger partial charge in [0.25, 0.3) is 0 Å². The van der Waals surface area contributed by atoms with Crippen molar-refractivity contribution >= 4 is 12.1 Å². The smallest absolute Gasteiger partial charge is 0.457 e. The summed E-state index contributed by atoms with van der Waals surface area (Å²) in [5, 5.41) is 9.76. The van der Waals surface area contributed by atoms with Gasteiger partial charge < -0.3 is 9.84 Å². The average Bonchev–Trinajstić information content (AvgIpc) is 2.96. The maximum absolute atomic E-state index is 15.0. The first kappa shape index (κ1) is 19.8. The van der Waals surface area contributed by atoms with Crippen LogP contribution in [0.3, 0.4) is 0 Å². The lowest BCUT2D eigenvalue weighted by Gasteiger charge is -2.48. The molecule has 27 heavy (non-hydrogen) atoms. The minimum atomic E-state index is -1.19. The largest absolute Gasteiger partial charge is 0.514 e. The van der Waals surface area contributed by atoms with Gasteiger partial charge >= 0.3 is 12.1 Å². The molecule has 2 heterocycles. The highest BCUT2D eigenvalue weighted by Gasteiger charge is 2.49. The minimum absolute atomic E-state index is 0.00221. The Morgan fingerprint density at radius 3 is 2.52 bits per heavy atom. The molecule has 1 aromatic carbocycles. The number of carbonyl (C=O) groups excluding carboxylic acids is 1. The van der Waals surface area contributed by atoms with Crippen LogP contribution in [0.2, 0.25) is 0 Å². The third-order valence-corrected chi connectivity index (χ3v) is 6.21. The number of quaternary nitrogens is 1. The van der Waals surface area contributed by atoms with E-state index in [0.717, 1.165) is 11.1 Å². The van der Waals surface area contributed by atoms with Crippen LogP contribution < -0.4 is 0 Å². The van der Waals surface area contributed by atoms with E-state index in [0.29, 0.717) is 37.3 Å². The lowest BCUT2D eigenvalue weighted by molar-refractivity contribution is -0.907. The third-order valence-electron chi connectivity index (χ3n) is 6.21. The van der Waals surface area contributed by atoms with Crippen LogP contribution in [0.5, 0.6) is 0 Å². The topological polar surface area (TPSA) is 66.8 Å². The van der Waals surface area contributed by atoms with Gasteiger partial charge in [-0.3, -0.25) is 4.90 Å². The molecule has 3 rings (SSSR count). The molecule has 2 aliphatic heterocycles. The molecule has 0 aromatic heterocycles. The van der Waals surface area contributed by atoms with E-state index in [1.54, 1.807) is 12.1 Å². The standard InChI is InChI=1S/C20H27FN2O4/c1-13-14(5-6-15-16(13)12-27-18(15)24)17(21)11-22-7-9-23(10-8-22,19(25)26)20(2,3)4/h5-6,17H,7-12H2,1-4H3/p+1. The Kier molecular flexibility index (Phi) is 5.03. The van der Waals surface area contributed by atoms with Crippen LogP contribution in [0.4, 0.5) is 9.18 Å². The van der Waals surface area contributed by atoms with Crippen molar-refractivity contribution < 1.29 is 28.3 Å². The highest BCUT2D eigenvalue weighted by molar-refractivity contribution is 5.93. The Balaban J connectivity index is 1.70. The van der Waals surface area contributed by atoms with Crippen LogP contribution in [-0.4, -0.2) is 64.8 Å². The molecule has 1 amide bonds. The average molecular weight is 379 g/mol. The number of nitrogens with zero attached hydrogens (tertiary/aromatic N) is 2. The maximum Gasteiger partial charge on any atom is 0.514 e. The summed E-state index contributed by atoms with van der Waals surface area (Å²) in [5.41, 5.74) is 2.24. The summed E-state index contributed by atoms with van der Waals surface area (Å²) in [6, 6.07) is 3.31. The number of ether oxygens (including phenoxy) is 1. The van der Waals surface area contributed by atoms with Crippen LogP contribution in [0, 0.1) is 6.92 Å². The first-order valence-electron chi connectivity index (χ1n) is 9.33. The number of carboxylic acid groups (broad SMARTS) is 1. The number of amides is 1. The number of cyclic esters (lactones) is 1. The second-order valence-corrected chi connectivity index (χ2v) is 8.52. The first-order chi connectivity index (χ1) is 12.6. The van der Waals surface area contributed by atoms with E-state index in [1.165, 1.54) is 0 Å². The van der Waals surface area contributed by atoms with E-state index in [2.05, 4.69) is 0 Å². The second kappa shape index (κ2) is 6.87. The molecule has 0 radical (unpaired) electrons. The first-order valence-corrected chi connectivity index (χ1v) is 9.33. The zero-order valence-electron chi connectivity index (χ0n) is 16.4. The van der Waals surface area contributed by atoms with Crippen molar-refractivity contribution in [2.45, 2.75) is 46.0 Å². The maximum atomic E-state index is 15.0. The lowest BCUT2D eigenvalue weighted by Crippen LogP contribution is -2.69. The van der Waals surface area contributed by atoms with Gasteiger partial charge in [-0.05, 0) is 44.9 Å². The number of rotatable bonds is 3. The highest BCUT2D eigenvalue weighted by Crippen LogP contribution is 2.32. The molecule has 0 saturated carbocycles. The summed E-state index contributed by atoms with van der Waals surface area (Å²) in [7, 11) is 0. The van der Waals surface area contributed by atoms with Gasteiger partial charge in [0.1, 0.15) is 31.4 Å². The summed E-state index contributed by atoms with van der Waals surface area (Å²) in [6.07, 6.45) is -2.01. The second-order valence-electron chi connectivity index (χ2n) is 8.52. The molecular formula is C20H28FN2O4+. The fraction of sp³-hybridized carbons (Fsp3) is 0.600. The number of halogens is 1. The quantitative estimate of drug-likeness (QED) is 0.645. The zero-order chi connectivity index (χ0) is 20.0. The van der Waals surface area contributed by atoms with E-state index >= 15 is 4.39 Å². The summed E-state index contributed by atoms with van der Waals surface area (Å²) in [6.45, 7) is 10.0. The van der Waals surface area contributed by atoms with Crippen LogP contribution in [0.25, 0.3) is 0 Å². The van der Waals surface area contributed by atoms with E-state index in [-0.39, 0.29) is 23.6 Å². The Labute approximate surface area is 159 Å². The van der Waals surface area contributed by atoms with E-state index in [4.69, 9.17) is 4.74 Å². The number of esters is 1. The fourth-order valence-corrected chi connectivity index (χ4v) is 4.21. The number of piperazine rings is 1. The molecule has 1 fully saturated rings. The Morgan fingerprint density at radius 1 is 1.33 bits per heavy atom. The molecule has 7 heteroatoms. The Bertz CT molecular complexity index is 764. The molecule has 1 unspecified atom stereocenters. The molecule has 0 spiro atoms. The van der Waals surface area contributed by atoms with Gasteiger partial charge in [-0.15, -0.1) is 0 Å². The van der Waals surface area contributed by atoms with Crippen molar-refractivity contribution in [1.82, 2.24) is 4.90 Å².